The Balaban J connectivity index is 2.81. The average molecular weight is 252 g/mol. The zero-order chi connectivity index (χ0) is 12.6. The number of hydrogen-bond acceptors (Lipinski definition) is 3. The summed E-state index contributed by atoms with van der Waals surface area (Å²) in [5.74, 6) is -1.09. The van der Waals surface area contributed by atoms with Crippen molar-refractivity contribution in [3.63, 3.8) is 0 Å². The van der Waals surface area contributed by atoms with E-state index in [1.54, 1.807) is 6.07 Å². The molecule has 0 aliphatic rings. The molecule has 0 radical (unpaired) electrons. The van der Waals surface area contributed by atoms with Gasteiger partial charge in [0, 0.05) is 5.39 Å². The Bertz CT molecular complexity index is 703. The van der Waals surface area contributed by atoms with E-state index < -0.39 is 16.1 Å². The van der Waals surface area contributed by atoms with Gasteiger partial charge in [0.15, 0.2) is 0 Å². The third-order valence-electron chi connectivity index (χ3n) is 2.37. The highest BCUT2D eigenvalue weighted by atomic mass is 32.2. The second kappa shape index (κ2) is 3.83. The van der Waals surface area contributed by atoms with Gasteiger partial charge in [0.1, 0.15) is 4.90 Å². The first kappa shape index (κ1) is 11.6. The molecular weight excluding hydrogens is 244 g/mol. The molecule has 0 saturated carbocycles. The van der Waals surface area contributed by atoms with Crippen molar-refractivity contribution < 1.29 is 22.9 Å². The highest BCUT2D eigenvalue weighted by Gasteiger charge is 2.14. The monoisotopic (exact) mass is 252 g/mol. The lowest BCUT2D eigenvalue weighted by Gasteiger charge is -2.04. The van der Waals surface area contributed by atoms with Crippen LogP contribution in [-0.2, 0) is 10.1 Å². The summed E-state index contributed by atoms with van der Waals surface area (Å²) in [5, 5.41) is 9.54. The molecule has 5 nitrogen and oxygen atoms in total. The summed E-state index contributed by atoms with van der Waals surface area (Å²) in [6.45, 7) is 0. The first-order valence-corrected chi connectivity index (χ1v) is 6.07. The Labute approximate surface area is 97.1 Å². The molecule has 0 aromatic heterocycles. The van der Waals surface area contributed by atoms with Gasteiger partial charge >= 0.3 is 5.97 Å². The van der Waals surface area contributed by atoms with Gasteiger partial charge in [0.25, 0.3) is 10.1 Å². The zero-order valence-corrected chi connectivity index (χ0v) is 9.31. The van der Waals surface area contributed by atoms with E-state index in [0.29, 0.717) is 10.8 Å². The number of aromatic carboxylic acids is 1. The minimum Gasteiger partial charge on any atom is -0.478 e. The molecule has 0 aliphatic carbocycles. The largest absolute Gasteiger partial charge is 0.478 e. The molecule has 2 aromatic rings. The van der Waals surface area contributed by atoms with E-state index in [1.807, 2.05) is 0 Å². The predicted molar refractivity (Wildman–Crippen MR) is 60.7 cm³/mol. The van der Waals surface area contributed by atoms with Crippen LogP contribution in [0.2, 0.25) is 0 Å². The van der Waals surface area contributed by atoms with E-state index in [1.165, 1.54) is 30.3 Å². The van der Waals surface area contributed by atoms with Gasteiger partial charge in [-0.2, -0.15) is 8.42 Å². The van der Waals surface area contributed by atoms with Crippen molar-refractivity contribution in [1.82, 2.24) is 0 Å². The topological polar surface area (TPSA) is 91.7 Å². The summed E-state index contributed by atoms with van der Waals surface area (Å²) >= 11 is 0. The maximum atomic E-state index is 11.1. The fourth-order valence-corrected chi connectivity index (χ4v) is 2.33. The van der Waals surface area contributed by atoms with Crippen molar-refractivity contribution in [3.8, 4) is 0 Å². The normalized spacial score (nSPS) is 11.6. The zero-order valence-electron chi connectivity index (χ0n) is 8.49. The molecule has 0 aliphatic heterocycles. The number of carboxylic acids is 1. The van der Waals surface area contributed by atoms with Crippen molar-refractivity contribution >= 4 is 26.9 Å². The van der Waals surface area contributed by atoms with Crippen LogP contribution < -0.4 is 0 Å². The lowest BCUT2D eigenvalue weighted by Crippen LogP contribution is -2.00. The van der Waals surface area contributed by atoms with E-state index in [9.17, 15) is 13.2 Å². The van der Waals surface area contributed by atoms with Gasteiger partial charge < -0.3 is 5.11 Å². The summed E-state index contributed by atoms with van der Waals surface area (Å²) in [7, 11) is -4.31. The number of carboxylic acid groups (broad SMARTS) is 1. The van der Waals surface area contributed by atoms with Gasteiger partial charge in [-0.3, -0.25) is 4.55 Å². The van der Waals surface area contributed by atoms with Crippen LogP contribution in [-0.4, -0.2) is 24.0 Å². The molecule has 17 heavy (non-hydrogen) atoms. The van der Waals surface area contributed by atoms with E-state index in [0.717, 1.165) is 0 Å². The second-order valence-corrected chi connectivity index (χ2v) is 4.86. The summed E-state index contributed by atoms with van der Waals surface area (Å²) < 4.78 is 31.2. The summed E-state index contributed by atoms with van der Waals surface area (Å²) in [4.78, 5) is 10.5. The lowest BCUT2D eigenvalue weighted by molar-refractivity contribution is 0.0697. The Morgan fingerprint density at radius 3 is 2.41 bits per heavy atom. The Kier molecular flexibility index (Phi) is 2.60. The first-order chi connectivity index (χ1) is 7.89. The third kappa shape index (κ3) is 2.13. The van der Waals surface area contributed by atoms with Crippen LogP contribution in [0.3, 0.4) is 0 Å². The molecule has 0 heterocycles. The fraction of sp³-hybridized carbons (Fsp3) is 0. The predicted octanol–water partition coefficient (Wildman–Crippen LogP) is 1.78. The standard InChI is InChI=1S/C11H8O5S/c12-11(13)8-4-5-9-7(6-8)2-1-3-10(9)17(14,15)16/h1-6H,(H,12,13)(H,14,15,16). The molecule has 2 rings (SSSR count). The average Bonchev–Trinajstić information content (AvgIpc) is 2.26. The molecule has 0 spiro atoms. The number of fused-ring (bicyclic) bond motifs is 1. The molecule has 0 unspecified atom stereocenters. The van der Waals surface area contributed by atoms with Crippen molar-refractivity contribution in [2.75, 3.05) is 0 Å². The van der Waals surface area contributed by atoms with E-state index >= 15 is 0 Å². The number of benzene rings is 2. The van der Waals surface area contributed by atoms with Crippen molar-refractivity contribution in [1.29, 1.82) is 0 Å². The van der Waals surface area contributed by atoms with Crippen LogP contribution in [0.5, 0.6) is 0 Å². The van der Waals surface area contributed by atoms with Gasteiger partial charge in [0.2, 0.25) is 0 Å². The molecule has 88 valence electrons. The van der Waals surface area contributed by atoms with Gasteiger partial charge in [-0.05, 0) is 23.6 Å². The molecule has 0 bridgehead atoms. The van der Waals surface area contributed by atoms with Crippen LogP contribution in [0.4, 0.5) is 0 Å². The Hall–Kier alpha value is -1.92. The van der Waals surface area contributed by atoms with E-state index in [2.05, 4.69) is 0 Å². The van der Waals surface area contributed by atoms with Gasteiger partial charge in [-0.25, -0.2) is 4.79 Å². The fourth-order valence-electron chi connectivity index (χ4n) is 1.61. The Morgan fingerprint density at radius 2 is 1.82 bits per heavy atom. The van der Waals surface area contributed by atoms with Crippen molar-refractivity contribution in [3.05, 3.63) is 42.0 Å². The summed E-state index contributed by atoms with van der Waals surface area (Å²) in [6, 6.07) is 8.29. The van der Waals surface area contributed by atoms with Crippen molar-refractivity contribution in [2.45, 2.75) is 4.90 Å². The molecule has 0 saturated heterocycles. The first-order valence-electron chi connectivity index (χ1n) is 4.63. The number of rotatable bonds is 2. The van der Waals surface area contributed by atoms with Crippen LogP contribution in [0, 0.1) is 0 Å². The maximum Gasteiger partial charge on any atom is 0.335 e. The smallest absolute Gasteiger partial charge is 0.335 e. The van der Waals surface area contributed by atoms with Gasteiger partial charge in [0.05, 0.1) is 5.56 Å². The molecular formula is C11H8O5S. The Morgan fingerprint density at radius 1 is 1.12 bits per heavy atom. The van der Waals surface area contributed by atoms with E-state index in [-0.39, 0.29) is 10.5 Å². The quantitative estimate of drug-likeness (QED) is 0.795. The molecule has 2 aromatic carbocycles. The van der Waals surface area contributed by atoms with Crippen LogP contribution in [0.25, 0.3) is 10.8 Å². The number of hydrogen-bond donors (Lipinski definition) is 2. The SMILES string of the molecule is O=C(O)c1ccc2c(S(=O)(=O)O)cccc2c1. The van der Waals surface area contributed by atoms with Crippen LogP contribution in [0.15, 0.2) is 41.3 Å². The summed E-state index contributed by atoms with van der Waals surface area (Å²) in [6.07, 6.45) is 0. The molecule has 0 atom stereocenters. The molecule has 6 heteroatoms. The second-order valence-electron chi connectivity index (χ2n) is 3.47. The van der Waals surface area contributed by atoms with Gasteiger partial charge in [-0.1, -0.05) is 18.2 Å². The molecule has 0 fully saturated rings. The third-order valence-corrected chi connectivity index (χ3v) is 3.28. The highest BCUT2D eigenvalue weighted by molar-refractivity contribution is 7.86. The molecule has 0 amide bonds. The minimum absolute atomic E-state index is 0.0602. The van der Waals surface area contributed by atoms with E-state index in [4.69, 9.17) is 9.66 Å². The molecule has 2 N–H and O–H groups in total. The maximum absolute atomic E-state index is 11.1. The van der Waals surface area contributed by atoms with Crippen molar-refractivity contribution in [2.24, 2.45) is 0 Å². The minimum atomic E-state index is -4.31. The number of carbonyl (C=O) groups is 1. The highest BCUT2D eigenvalue weighted by Crippen LogP contribution is 2.23. The lowest BCUT2D eigenvalue weighted by atomic mass is 10.1. The van der Waals surface area contributed by atoms with Crippen LogP contribution in [0.1, 0.15) is 10.4 Å². The van der Waals surface area contributed by atoms with Crippen LogP contribution >= 0.6 is 0 Å². The van der Waals surface area contributed by atoms with Gasteiger partial charge in [-0.15, -0.1) is 0 Å². The summed E-state index contributed by atoms with van der Waals surface area (Å²) in [5.41, 5.74) is 0.0602.